The molecule has 4 saturated carbocycles. The average Bonchev–Trinajstić information content (AvgIpc) is 3.54. The van der Waals surface area contributed by atoms with Gasteiger partial charge in [0.15, 0.2) is 0 Å². The van der Waals surface area contributed by atoms with Gasteiger partial charge in [-0.3, -0.25) is 19.2 Å². The number of carbonyl (C=O) groups excluding carboxylic acids is 3. The summed E-state index contributed by atoms with van der Waals surface area (Å²) in [7, 11) is 0. The number of carbonyl (C=O) groups is 3. The molecule has 8 rings (SSSR count). The lowest BCUT2D eigenvalue weighted by Gasteiger charge is -2.60. The lowest BCUT2D eigenvalue weighted by atomic mass is 9.45. The summed E-state index contributed by atoms with van der Waals surface area (Å²) >= 11 is 0. The Morgan fingerprint density at radius 1 is 0.873 bits per heavy atom. The van der Waals surface area contributed by atoms with Crippen LogP contribution in [0.4, 0.5) is 4.39 Å². The quantitative estimate of drug-likeness (QED) is 0.215. The molecule has 1 saturated heterocycles. The normalized spacial score (nSPS) is 30.5. The van der Waals surface area contributed by atoms with Gasteiger partial charge in [-0.25, -0.2) is 9.49 Å². The van der Waals surface area contributed by atoms with Crippen molar-refractivity contribution in [1.82, 2.24) is 20.0 Å². The Hall–Kier alpha value is -3.92. The number of benzene rings is 2. The zero-order chi connectivity index (χ0) is 38.3. The maximum atomic E-state index is 15.0. The largest absolute Gasteiger partial charge is 0.378 e. The molecule has 5 fully saturated rings. The Morgan fingerprint density at radius 2 is 1.64 bits per heavy atom. The van der Waals surface area contributed by atoms with Crippen LogP contribution in [0, 0.1) is 40.3 Å². The molecule has 0 spiro atoms. The van der Waals surface area contributed by atoms with Crippen LogP contribution in [0.15, 0.2) is 47.3 Å². The number of amides is 2. The average molecular weight is 753 g/mol. The first-order valence-corrected chi connectivity index (χ1v) is 21.0. The summed E-state index contributed by atoms with van der Waals surface area (Å²) in [6.45, 7) is 7.34. The SMILES string of the molecule is CC12CCC(=O)CC1CCC1C2CCC2(C)C(OCCCCCC(=O)N3CCN(C(=O)c4cc(Cc5n[nH]c(=O)c6ccccc56)ccc4F)CC3)CCC12. The predicted octanol–water partition coefficient (Wildman–Crippen LogP) is 7.49. The topological polar surface area (TPSA) is 113 Å². The fourth-order valence-corrected chi connectivity index (χ4v) is 11.9. The van der Waals surface area contributed by atoms with Crippen LogP contribution in [0.2, 0.25) is 0 Å². The summed E-state index contributed by atoms with van der Waals surface area (Å²) in [6, 6.07) is 11.7. The van der Waals surface area contributed by atoms with Crippen molar-refractivity contribution in [2.75, 3.05) is 32.8 Å². The van der Waals surface area contributed by atoms with Crippen molar-refractivity contribution in [2.45, 2.75) is 110 Å². The van der Waals surface area contributed by atoms with Gasteiger partial charge in [0, 0.05) is 63.9 Å². The third kappa shape index (κ3) is 7.28. The van der Waals surface area contributed by atoms with Crippen molar-refractivity contribution >= 4 is 28.4 Å². The molecule has 7 unspecified atom stereocenters. The lowest BCUT2D eigenvalue weighted by molar-refractivity contribution is -0.145. The number of hydrogen-bond donors (Lipinski definition) is 1. The monoisotopic (exact) mass is 752 g/mol. The lowest BCUT2D eigenvalue weighted by Crippen LogP contribution is -2.54. The van der Waals surface area contributed by atoms with E-state index in [4.69, 9.17) is 4.74 Å². The number of nitrogens with one attached hydrogen (secondary N) is 1. The van der Waals surface area contributed by atoms with Gasteiger partial charge in [0.25, 0.3) is 11.5 Å². The van der Waals surface area contributed by atoms with Crippen molar-refractivity contribution in [3.05, 3.63) is 75.5 Å². The van der Waals surface area contributed by atoms with Gasteiger partial charge in [-0.15, -0.1) is 0 Å². The van der Waals surface area contributed by atoms with Crippen molar-refractivity contribution in [2.24, 2.45) is 34.5 Å². The van der Waals surface area contributed by atoms with Crippen molar-refractivity contribution in [1.29, 1.82) is 0 Å². The van der Waals surface area contributed by atoms with E-state index in [1.54, 1.807) is 29.2 Å². The van der Waals surface area contributed by atoms with Gasteiger partial charge in [-0.2, -0.15) is 5.10 Å². The van der Waals surface area contributed by atoms with E-state index in [0.717, 1.165) is 74.7 Å². The molecule has 5 aliphatic rings. The Kier molecular flexibility index (Phi) is 10.7. The number of aromatic nitrogens is 2. The highest BCUT2D eigenvalue weighted by atomic mass is 19.1. The maximum Gasteiger partial charge on any atom is 0.272 e. The molecular formula is C45H57FN4O5. The fraction of sp³-hybridized carbons (Fsp3) is 0.622. The number of Topliss-reactive ketones (excluding diaryl/α,β-unsaturated/α-hetero) is 1. The molecule has 1 aliphatic heterocycles. The summed E-state index contributed by atoms with van der Waals surface area (Å²) < 4.78 is 21.6. The van der Waals surface area contributed by atoms with E-state index < -0.39 is 5.82 Å². The molecule has 55 heavy (non-hydrogen) atoms. The van der Waals surface area contributed by atoms with E-state index in [9.17, 15) is 23.6 Å². The Balaban J connectivity index is 0.761. The number of unbranched alkanes of at least 4 members (excludes halogenated alkanes) is 2. The smallest absolute Gasteiger partial charge is 0.272 e. The van der Waals surface area contributed by atoms with Gasteiger partial charge in [0.2, 0.25) is 5.91 Å². The van der Waals surface area contributed by atoms with Crippen LogP contribution >= 0.6 is 0 Å². The number of piperazine rings is 1. The van der Waals surface area contributed by atoms with Gasteiger partial charge < -0.3 is 14.5 Å². The van der Waals surface area contributed by atoms with Crippen molar-refractivity contribution in [3.63, 3.8) is 0 Å². The number of hydrogen-bond acceptors (Lipinski definition) is 6. The molecule has 2 amide bonds. The second kappa shape index (κ2) is 15.5. The highest BCUT2D eigenvalue weighted by Crippen LogP contribution is 2.66. The van der Waals surface area contributed by atoms with Gasteiger partial charge in [0.1, 0.15) is 11.6 Å². The maximum absolute atomic E-state index is 15.0. The van der Waals surface area contributed by atoms with Gasteiger partial charge in [0.05, 0.1) is 22.7 Å². The molecule has 294 valence electrons. The second-order valence-electron chi connectivity index (χ2n) is 17.9. The third-order valence-corrected chi connectivity index (χ3v) is 15.1. The molecule has 2 heterocycles. The summed E-state index contributed by atoms with van der Waals surface area (Å²) in [4.78, 5) is 54.5. The van der Waals surface area contributed by atoms with E-state index in [2.05, 4.69) is 24.0 Å². The number of H-pyrrole nitrogens is 1. The molecule has 0 radical (unpaired) electrons. The zero-order valence-corrected chi connectivity index (χ0v) is 32.6. The molecule has 1 N–H and O–H groups in total. The Labute approximate surface area is 323 Å². The summed E-state index contributed by atoms with van der Waals surface area (Å²) in [6.07, 6.45) is 14.0. The number of rotatable bonds is 10. The first-order chi connectivity index (χ1) is 26.5. The molecule has 2 aromatic carbocycles. The number of aromatic amines is 1. The molecular weight excluding hydrogens is 696 g/mol. The first-order valence-electron chi connectivity index (χ1n) is 21.0. The Morgan fingerprint density at radius 3 is 2.45 bits per heavy atom. The first kappa shape index (κ1) is 38.0. The molecule has 7 atom stereocenters. The van der Waals surface area contributed by atoms with Crippen LogP contribution in [0.5, 0.6) is 0 Å². The molecule has 3 aromatic rings. The highest BCUT2D eigenvalue weighted by molar-refractivity contribution is 5.95. The van der Waals surface area contributed by atoms with E-state index in [1.165, 1.54) is 38.2 Å². The van der Waals surface area contributed by atoms with Gasteiger partial charge >= 0.3 is 0 Å². The van der Waals surface area contributed by atoms with E-state index in [0.29, 0.717) is 78.9 Å². The minimum atomic E-state index is -0.583. The Bertz CT molecular complexity index is 1990. The molecule has 9 nitrogen and oxygen atoms in total. The zero-order valence-electron chi connectivity index (χ0n) is 32.6. The number of ketones is 1. The third-order valence-electron chi connectivity index (χ3n) is 15.1. The van der Waals surface area contributed by atoms with Crippen LogP contribution in [0.3, 0.4) is 0 Å². The van der Waals surface area contributed by atoms with E-state index in [1.807, 2.05) is 17.0 Å². The minimum Gasteiger partial charge on any atom is -0.378 e. The number of ether oxygens (including phenoxy) is 1. The summed E-state index contributed by atoms with van der Waals surface area (Å²) in [5.74, 6) is 2.49. The second-order valence-corrected chi connectivity index (χ2v) is 17.9. The summed E-state index contributed by atoms with van der Waals surface area (Å²) in [5.41, 5.74) is 1.69. The predicted molar refractivity (Wildman–Crippen MR) is 209 cm³/mol. The number of nitrogens with zero attached hydrogens (tertiary/aromatic N) is 3. The standard InChI is InChI=1S/C45H57FN4O5/c1-44-19-17-31(51)28-30(44)12-13-34-36-14-16-40(45(36,2)20-18-37(34)44)55-25-7-3-4-10-41(52)49-21-23-50(24-22-49)43(54)35-26-29(11-15-38(35)46)27-39-32-8-5-6-9-33(32)42(53)48-47-39/h5-6,8-9,11,15,26,30,34,36-37,40H,3-4,7,10,12-14,16-25,27-28H2,1-2H3,(H,48,53). The number of fused-ring (bicyclic) bond motifs is 6. The van der Waals surface area contributed by atoms with Crippen molar-refractivity contribution < 1.29 is 23.5 Å². The fourth-order valence-electron chi connectivity index (χ4n) is 11.9. The van der Waals surface area contributed by atoms with Crippen LogP contribution < -0.4 is 5.56 Å². The van der Waals surface area contributed by atoms with Crippen LogP contribution in [-0.2, 0) is 20.7 Å². The molecule has 4 aliphatic carbocycles. The van der Waals surface area contributed by atoms with Crippen LogP contribution in [-0.4, -0.2) is 76.5 Å². The number of halogens is 1. The molecule has 1 aromatic heterocycles. The summed E-state index contributed by atoms with van der Waals surface area (Å²) in [5, 5.41) is 8.01. The molecule has 10 heteroatoms. The van der Waals surface area contributed by atoms with E-state index in [-0.39, 0.29) is 28.4 Å². The minimum absolute atomic E-state index is 0.00249. The highest BCUT2D eigenvalue weighted by Gasteiger charge is 2.60. The van der Waals surface area contributed by atoms with Crippen LogP contribution in [0.25, 0.3) is 10.8 Å². The molecule has 0 bridgehead atoms. The van der Waals surface area contributed by atoms with Gasteiger partial charge in [-0.1, -0.05) is 44.5 Å². The van der Waals surface area contributed by atoms with Crippen molar-refractivity contribution in [3.8, 4) is 0 Å². The van der Waals surface area contributed by atoms with Crippen LogP contribution in [0.1, 0.15) is 119 Å². The van der Waals surface area contributed by atoms with E-state index >= 15 is 0 Å². The van der Waals surface area contributed by atoms with Gasteiger partial charge in [-0.05, 0) is 116 Å².